The predicted molar refractivity (Wildman–Crippen MR) is 83.1 cm³/mol. The third-order valence-corrected chi connectivity index (χ3v) is 3.88. The molecule has 2 unspecified atom stereocenters. The van der Waals surface area contributed by atoms with Crippen LogP contribution in [0.25, 0.3) is 0 Å². The molecule has 0 saturated carbocycles. The Bertz CT molecular complexity index is 343. The Hall–Kier alpha value is -0.710. The number of rotatable bonds is 9. The lowest BCUT2D eigenvalue weighted by molar-refractivity contribution is 0.105. The van der Waals surface area contributed by atoms with Gasteiger partial charge in [-0.1, -0.05) is 24.6 Å². The summed E-state index contributed by atoms with van der Waals surface area (Å²) in [6.07, 6.45) is -0.477. The van der Waals surface area contributed by atoms with Crippen LogP contribution in [0.5, 0.6) is 5.75 Å². The standard InChI is InChI=1S/C15H25NO2S/c1-4-19-11-13(3)16-9-14(17)10-18-15-7-5-12(2)6-8-15/h5-8,13-14,16-17H,4,9-11H2,1-3H3. The van der Waals surface area contributed by atoms with E-state index in [1.54, 1.807) is 0 Å². The van der Waals surface area contributed by atoms with Gasteiger partial charge < -0.3 is 15.2 Å². The average molecular weight is 283 g/mol. The number of thioether (sulfide) groups is 1. The van der Waals surface area contributed by atoms with Crippen LogP contribution in [-0.2, 0) is 0 Å². The molecule has 0 aliphatic heterocycles. The summed E-state index contributed by atoms with van der Waals surface area (Å²) >= 11 is 1.90. The molecule has 0 radical (unpaired) electrons. The number of nitrogens with one attached hydrogen (secondary N) is 1. The molecule has 1 aromatic carbocycles. The lowest BCUT2D eigenvalue weighted by Gasteiger charge is -2.17. The zero-order valence-electron chi connectivity index (χ0n) is 12.1. The van der Waals surface area contributed by atoms with Crippen molar-refractivity contribution in [3.63, 3.8) is 0 Å². The smallest absolute Gasteiger partial charge is 0.119 e. The maximum atomic E-state index is 9.85. The van der Waals surface area contributed by atoms with Gasteiger partial charge in [-0.2, -0.15) is 11.8 Å². The highest BCUT2D eigenvalue weighted by Gasteiger charge is 2.07. The highest BCUT2D eigenvalue weighted by Crippen LogP contribution is 2.11. The van der Waals surface area contributed by atoms with E-state index in [0.717, 1.165) is 17.3 Å². The lowest BCUT2D eigenvalue weighted by atomic mass is 10.2. The van der Waals surface area contributed by atoms with Gasteiger partial charge in [0.25, 0.3) is 0 Å². The van der Waals surface area contributed by atoms with Gasteiger partial charge in [-0.05, 0) is 31.7 Å². The molecule has 0 heterocycles. The third-order valence-electron chi connectivity index (χ3n) is 2.74. The van der Waals surface area contributed by atoms with Crippen molar-refractivity contribution in [2.45, 2.75) is 32.9 Å². The van der Waals surface area contributed by atoms with E-state index in [0.29, 0.717) is 19.2 Å². The van der Waals surface area contributed by atoms with E-state index < -0.39 is 6.10 Å². The zero-order chi connectivity index (χ0) is 14.1. The van der Waals surface area contributed by atoms with Crippen LogP contribution in [0, 0.1) is 6.92 Å². The van der Waals surface area contributed by atoms with E-state index in [9.17, 15) is 5.11 Å². The molecule has 0 fully saturated rings. The Morgan fingerprint density at radius 1 is 1.32 bits per heavy atom. The number of aliphatic hydroxyl groups is 1. The summed E-state index contributed by atoms with van der Waals surface area (Å²) in [5.74, 6) is 3.01. The maximum Gasteiger partial charge on any atom is 0.119 e. The molecule has 0 aliphatic rings. The minimum Gasteiger partial charge on any atom is -0.491 e. The van der Waals surface area contributed by atoms with E-state index in [-0.39, 0.29) is 0 Å². The number of benzene rings is 1. The van der Waals surface area contributed by atoms with Crippen LogP contribution in [0.15, 0.2) is 24.3 Å². The van der Waals surface area contributed by atoms with Crippen molar-refractivity contribution in [2.24, 2.45) is 0 Å². The number of hydrogen-bond acceptors (Lipinski definition) is 4. The third kappa shape index (κ3) is 7.45. The maximum absolute atomic E-state index is 9.85. The molecule has 0 spiro atoms. The fourth-order valence-corrected chi connectivity index (χ4v) is 2.28. The molecule has 0 aliphatic carbocycles. The Kier molecular flexibility index (Phi) is 7.94. The van der Waals surface area contributed by atoms with Gasteiger partial charge in [0.05, 0.1) is 0 Å². The predicted octanol–water partition coefficient (Wildman–Crippen LogP) is 2.47. The molecular weight excluding hydrogens is 258 g/mol. The van der Waals surface area contributed by atoms with Crippen molar-refractivity contribution >= 4 is 11.8 Å². The summed E-state index contributed by atoms with van der Waals surface area (Å²) in [7, 11) is 0. The molecule has 0 aromatic heterocycles. The van der Waals surface area contributed by atoms with Gasteiger partial charge >= 0.3 is 0 Å². The Labute approximate surface area is 120 Å². The first-order valence-electron chi connectivity index (χ1n) is 6.80. The molecule has 1 rings (SSSR count). The highest BCUT2D eigenvalue weighted by atomic mass is 32.2. The number of hydrogen-bond donors (Lipinski definition) is 2. The number of aliphatic hydroxyl groups excluding tert-OH is 1. The fourth-order valence-electron chi connectivity index (χ4n) is 1.58. The molecule has 0 saturated heterocycles. The minimum absolute atomic E-state index is 0.323. The second-order valence-corrected chi connectivity index (χ2v) is 6.07. The average Bonchev–Trinajstić information content (AvgIpc) is 2.42. The van der Waals surface area contributed by atoms with E-state index >= 15 is 0 Å². The number of ether oxygens (including phenoxy) is 1. The molecule has 1 aromatic rings. The van der Waals surface area contributed by atoms with Crippen LogP contribution in [-0.4, -0.2) is 41.9 Å². The van der Waals surface area contributed by atoms with Crippen LogP contribution in [0.3, 0.4) is 0 Å². The van der Waals surface area contributed by atoms with E-state index in [4.69, 9.17) is 4.74 Å². The second kappa shape index (κ2) is 9.23. The van der Waals surface area contributed by atoms with Crippen LogP contribution >= 0.6 is 11.8 Å². The van der Waals surface area contributed by atoms with Gasteiger partial charge in [0.15, 0.2) is 0 Å². The Morgan fingerprint density at radius 2 is 2.00 bits per heavy atom. The van der Waals surface area contributed by atoms with Crippen LogP contribution in [0.4, 0.5) is 0 Å². The molecule has 0 bridgehead atoms. The molecule has 19 heavy (non-hydrogen) atoms. The van der Waals surface area contributed by atoms with Crippen molar-refractivity contribution < 1.29 is 9.84 Å². The van der Waals surface area contributed by atoms with Crippen molar-refractivity contribution in [3.05, 3.63) is 29.8 Å². The van der Waals surface area contributed by atoms with Crippen LogP contribution in [0.1, 0.15) is 19.4 Å². The summed E-state index contributed by atoms with van der Waals surface area (Å²) in [5.41, 5.74) is 1.21. The van der Waals surface area contributed by atoms with E-state index in [2.05, 4.69) is 19.2 Å². The number of aryl methyl sites for hydroxylation is 1. The quantitative estimate of drug-likeness (QED) is 0.730. The van der Waals surface area contributed by atoms with Crippen LogP contribution < -0.4 is 10.1 Å². The topological polar surface area (TPSA) is 41.5 Å². The van der Waals surface area contributed by atoms with Gasteiger partial charge in [-0.3, -0.25) is 0 Å². The van der Waals surface area contributed by atoms with Crippen molar-refractivity contribution in [1.29, 1.82) is 0 Å². The summed E-state index contributed by atoms with van der Waals surface area (Å²) in [6.45, 7) is 7.22. The summed E-state index contributed by atoms with van der Waals surface area (Å²) < 4.78 is 5.54. The summed E-state index contributed by atoms with van der Waals surface area (Å²) in [4.78, 5) is 0. The largest absolute Gasteiger partial charge is 0.491 e. The van der Waals surface area contributed by atoms with Crippen molar-refractivity contribution in [3.8, 4) is 5.75 Å². The molecule has 2 N–H and O–H groups in total. The minimum atomic E-state index is -0.477. The molecular formula is C15H25NO2S. The molecule has 4 heteroatoms. The summed E-state index contributed by atoms with van der Waals surface area (Å²) in [6, 6.07) is 8.28. The van der Waals surface area contributed by atoms with Crippen molar-refractivity contribution in [1.82, 2.24) is 5.32 Å². The van der Waals surface area contributed by atoms with Crippen LogP contribution in [0.2, 0.25) is 0 Å². The monoisotopic (exact) mass is 283 g/mol. The normalized spacial score (nSPS) is 14.1. The molecule has 2 atom stereocenters. The fraction of sp³-hybridized carbons (Fsp3) is 0.600. The van der Waals surface area contributed by atoms with E-state index in [1.165, 1.54) is 5.56 Å². The first kappa shape index (κ1) is 16.3. The van der Waals surface area contributed by atoms with Gasteiger partial charge in [-0.25, -0.2) is 0 Å². The van der Waals surface area contributed by atoms with E-state index in [1.807, 2.05) is 43.0 Å². The molecule has 3 nitrogen and oxygen atoms in total. The molecule has 0 amide bonds. The van der Waals surface area contributed by atoms with Gasteiger partial charge in [-0.15, -0.1) is 0 Å². The zero-order valence-corrected chi connectivity index (χ0v) is 12.9. The lowest BCUT2D eigenvalue weighted by Crippen LogP contribution is -2.37. The highest BCUT2D eigenvalue weighted by molar-refractivity contribution is 7.99. The van der Waals surface area contributed by atoms with Gasteiger partial charge in [0.2, 0.25) is 0 Å². The van der Waals surface area contributed by atoms with Crippen molar-refractivity contribution in [2.75, 3.05) is 24.7 Å². The van der Waals surface area contributed by atoms with Gasteiger partial charge in [0, 0.05) is 18.3 Å². The summed E-state index contributed by atoms with van der Waals surface area (Å²) in [5, 5.41) is 13.2. The first-order valence-corrected chi connectivity index (χ1v) is 7.96. The second-order valence-electron chi connectivity index (χ2n) is 4.75. The molecule has 108 valence electrons. The Balaban J connectivity index is 2.17. The Morgan fingerprint density at radius 3 is 2.63 bits per heavy atom. The SMILES string of the molecule is CCSCC(C)NCC(O)COc1ccc(C)cc1. The van der Waals surface area contributed by atoms with Gasteiger partial charge in [0.1, 0.15) is 18.5 Å². The first-order chi connectivity index (χ1) is 9.11.